The number of nitrogens with one attached hydrogen (secondary N) is 2. The number of carbonyl (C=O) groups is 2. The van der Waals surface area contributed by atoms with Crippen molar-refractivity contribution in [3.63, 3.8) is 0 Å². The topological polar surface area (TPSA) is 70.7 Å². The van der Waals surface area contributed by atoms with E-state index in [1.165, 1.54) is 0 Å². The summed E-state index contributed by atoms with van der Waals surface area (Å²) in [6.07, 6.45) is 2.20. The van der Waals surface area contributed by atoms with E-state index in [2.05, 4.69) is 10.6 Å². The maximum Gasteiger partial charge on any atom is 0.240 e. The van der Waals surface area contributed by atoms with Crippen molar-refractivity contribution in [3.05, 3.63) is 29.8 Å². The van der Waals surface area contributed by atoms with Crippen LogP contribution in [0.15, 0.2) is 24.3 Å². The predicted octanol–water partition coefficient (Wildman–Crippen LogP) is 1.13. The maximum absolute atomic E-state index is 12.3. The smallest absolute Gasteiger partial charge is 0.240 e. The highest BCUT2D eigenvalue weighted by Crippen LogP contribution is 2.26. The summed E-state index contributed by atoms with van der Waals surface area (Å²) in [6.45, 7) is 2.69. The van der Waals surface area contributed by atoms with E-state index in [9.17, 15) is 9.59 Å². The van der Waals surface area contributed by atoms with Crippen LogP contribution in [0.25, 0.3) is 0 Å². The van der Waals surface area contributed by atoms with Gasteiger partial charge in [-0.1, -0.05) is 18.2 Å². The largest absolute Gasteiger partial charge is 0.383 e. The first-order valence-electron chi connectivity index (χ1n) is 8.07. The Morgan fingerprint density at radius 3 is 2.79 bits per heavy atom. The van der Waals surface area contributed by atoms with Crippen molar-refractivity contribution in [2.75, 3.05) is 44.8 Å². The molecular weight excluding hydrogens is 330 g/mol. The third kappa shape index (κ3) is 6.11. The lowest BCUT2D eigenvalue weighted by molar-refractivity contribution is -0.123. The number of anilines is 1. The third-order valence-corrected chi connectivity index (χ3v) is 3.83. The van der Waals surface area contributed by atoms with Crippen molar-refractivity contribution in [3.8, 4) is 0 Å². The van der Waals surface area contributed by atoms with E-state index in [1.807, 2.05) is 24.3 Å². The van der Waals surface area contributed by atoms with Gasteiger partial charge in [0.15, 0.2) is 0 Å². The van der Waals surface area contributed by atoms with Crippen LogP contribution >= 0.6 is 12.4 Å². The van der Waals surface area contributed by atoms with Crippen molar-refractivity contribution in [1.82, 2.24) is 10.6 Å². The summed E-state index contributed by atoms with van der Waals surface area (Å²) in [4.78, 5) is 26.0. The highest BCUT2D eigenvalue weighted by atomic mass is 35.5. The number of nitrogens with zero attached hydrogens (tertiary/aromatic N) is 1. The standard InChI is InChI=1S/C17H25N3O3.ClH/c1-23-12-11-18-9-10-19-16(21)13-20-15-7-3-2-5-14(15)6-4-8-17(20)22;/h2-3,5,7,18H,4,6,8-13H2,1H3,(H,19,21);1H. The van der Waals surface area contributed by atoms with Crippen LogP contribution in [0.2, 0.25) is 0 Å². The number of hydrogen-bond donors (Lipinski definition) is 2. The molecule has 134 valence electrons. The molecule has 6 nitrogen and oxygen atoms in total. The predicted molar refractivity (Wildman–Crippen MR) is 96.7 cm³/mol. The molecule has 2 rings (SSSR count). The highest BCUT2D eigenvalue weighted by molar-refractivity contribution is 5.99. The van der Waals surface area contributed by atoms with Gasteiger partial charge in [-0.05, 0) is 24.5 Å². The molecule has 7 heteroatoms. The van der Waals surface area contributed by atoms with Gasteiger partial charge in [0.2, 0.25) is 11.8 Å². The van der Waals surface area contributed by atoms with E-state index in [1.54, 1.807) is 12.0 Å². The number of carbonyl (C=O) groups excluding carboxylic acids is 2. The number of para-hydroxylation sites is 1. The Balaban J connectivity index is 0.00000288. The maximum atomic E-state index is 12.3. The van der Waals surface area contributed by atoms with Gasteiger partial charge in [-0.2, -0.15) is 0 Å². The van der Waals surface area contributed by atoms with Crippen LogP contribution in [0.4, 0.5) is 5.69 Å². The van der Waals surface area contributed by atoms with Crippen molar-refractivity contribution < 1.29 is 14.3 Å². The van der Waals surface area contributed by atoms with E-state index in [0.29, 0.717) is 26.1 Å². The van der Waals surface area contributed by atoms with Gasteiger partial charge < -0.3 is 20.3 Å². The number of amides is 2. The van der Waals surface area contributed by atoms with Crippen molar-refractivity contribution in [1.29, 1.82) is 0 Å². The van der Waals surface area contributed by atoms with Crippen molar-refractivity contribution in [2.24, 2.45) is 0 Å². The number of halogens is 1. The molecule has 0 saturated carbocycles. The molecule has 24 heavy (non-hydrogen) atoms. The third-order valence-electron chi connectivity index (χ3n) is 3.83. The zero-order valence-corrected chi connectivity index (χ0v) is 14.9. The average Bonchev–Trinajstić information content (AvgIpc) is 2.71. The van der Waals surface area contributed by atoms with Gasteiger partial charge in [-0.3, -0.25) is 9.59 Å². The number of ether oxygens (including phenoxy) is 1. The molecular formula is C17H26ClN3O3. The molecule has 1 heterocycles. The number of fused-ring (bicyclic) bond motifs is 1. The molecule has 2 amide bonds. The fourth-order valence-corrected chi connectivity index (χ4v) is 2.65. The molecule has 1 aromatic carbocycles. The lowest BCUT2D eigenvalue weighted by atomic mass is 10.1. The number of aryl methyl sites for hydroxylation is 1. The summed E-state index contributed by atoms with van der Waals surface area (Å²) in [6, 6.07) is 7.82. The van der Waals surface area contributed by atoms with Crippen LogP contribution in [0.5, 0.6) is 0 Å². The highest BCUT2D eigenvalue weighted by Gasteiger charge is 2.23. The second-order valence-electron chi connectivity index (χ2n) is 5.55. The first-order chi connectivity index (χ1) is 11.2. The second kappa shape index (κ2) is 11.0. The lowest BCUT2D eigenvalue weighted by Gasteiger charge is -2.22. The SMILES string of the molecule is COCCNCCNC(=O)CN1C(=O)CCCc2ccccc21.Cl. The van der Waals surface area contributed by atoms with Crippen molar-refractivity contribution in [2.45, 2.75) is 19.3 Å². The van der Waals surface area contributed by atoms with Gasteiger partial charge in [0.1, 0.15) is 6.54 Å². The quantitative estimate of drug-likeness (QED) is 0.686. The second-order valence-corrected chi connectivity index (χ2v) is 5.55. The van der Waals surface area contributed by atoms with Gasteiger partial charge in [0, 0.05) is 38.9 Å². The lowest BCUT2D eigenvalue weighted by Crippen LogP contribution is -2.42. The Morgan fingerprint density at radius 2 is 2.00 bits per heavy atom. The molecule has 1 aliphatic rings. The fraction of sp³-hybridized carbons (Fsp3) is 0.529. The first kappa shape index (κ1) is 20.4. The minimum Gasteiger partial charge on any atom is -0.383 e. The van der Waals surface area contributed by atoms with E-state index < -0.39 is 0 Å². The Labute approximate surface area is 149 Å². The van der Waals surface area contributed by atoms with E-state index >= 15 is 0 Å². The number of rotatable bonds is 8. The fourth-order valence-electron chi connectivity index (χ4n) is 2.65. The van der Waals surface area contributed by atoms with E-state index in [-0.39, 0.29) is 30.8 Å². The van der Waals surface area contributed by atoms with Crippen LogP contribution in [0.1, 0.15) is 18.4 Å². The Morgan fingerprint density at radius 1 is 1.21 bits per heavy atom. The Bertz CT molecular complexity index is 540. The molecule has 0 aliphatic carbocycles. The van der Waals surface area contributed by atoms with E-state index in [4.69, 9.17) is 4.74 Å². The van der Waals surface area contributed by atoms with Crippen LogP contribution in [0, 0.1) is 0 Å². The number of benzene rings is 1. The summed E-state index contributed by atoms with van der Waals surface area (Å²) in [5, 5.41) is 6.00. The Kier molecular flexibility index (Phi) is 9.37. The molecule has 2 N–H and O–H groups in total. The van der Waals surface area contributed by atoms with E-state index in [0.717, 1.165) is 30.6 Å². The average molecular weight is 356 g/mol. The number of methoxy groups -OCH3 is 1. The molecule has 0 radical (unpaired) electrons. The molecule has 0 spiro atoms. The summed E-state index contributed by atoms with van der Waals surface area (Å²) in [7, 11) is 1.65. The molecule has 0 saturated heterocycles. The molecule has 1 aliphatic heterocycles. The zero-order valence-electron chi connectivity index (χ0n) is 14.0. The van der Waals surface area contributed by atoms with Gasteiger partial charge in [0.05, 0.1) is 6.61 Å². The van der Waals surface area contributed by atoms with Crippen LogP contribution in [-0.2, 0) is 20.7 Å². The molecule has 0 aromatic heterocycles. The summed E-state index contributed by atoms with van der Waals surface area (Å²) >= 11 is 0. The molecule has 1 aromatic rings. The summed E-state index contributed by atoms with van der Waals surface area (Å²) in [5.41, 5.74) is 2.00. The van der Waals surface area contributed by atoms with Gasteiger partial charge >= 0.3 is 0 Å². The monoisotopic (exact) mass is 355 g/mol. The van der Waals surface area contributed by atoms with Gasteiger partial charge in [0.25, 0.3) is 0 Å². The minimum atomic E-state index is -0.136. The molecule has 0 bridgehead atoms. The Hall–Kier alpha value is -1.63. The van der Waals surface area contributed by atoms with Gasteiger partial charge in [-0.25, -0.2) is 0 Å². The normalized spacial score (nSPS) is 13.7. The first-order valence-corrected chi connectivity index (χ1v) is 8.07. The molecule has 0 fully saturated rings. The summed E-state index contributed by atoms with van der Waals surface area (Å²) < 4.78 is 4.93. The van der Waals surface area contributed by atoms with Crippen LogP contribution in [-0.4, -0.2) is 51.7 Å². The zero-order chi connectivity index (χ0) is 16.5. The molecule has 0 atom stereocenters. The van der Waals surface area contributed by atoms with Gasteiger partial charge in [-0.15, -0.1) is 12.4 Å². The number of hydrogen-bond acceptors (Lipinski definition) is 4. The van der Waals surface area contributed by atoms with Crippen molar-refractivity contribution >= 4 is 29.9 Å². The van der Waals surface area contributed by atoms with Crippen LogP contribution < -0.4 is 15.5 Å². The summed E-state index contributed by atoms with van der Waals surface area (Å²) in [5.74, 6) is -0.119. The van der Waals surface area contributed by atoms with Crippen LogP contribution in [0.3, 0.4) is 0 Å². The molecule has 0 unspecified atom stereocenters. The minimum absolute atomic E-state index is 0.